The second kappa shape index (κ2) is 6.53. The van der Waals surface area contributed by atoms with Gasteiger partial charge in [0.05, 0.1) is 16.7 Å². The van der Waals surface area contributed by atoms with Crippen LogP contribution in [-0.2, 0) is 0 Å². The molecule has 0 saturated heterocycles. The number of fused-ring (bicyclic) bond motifs is 2. The lowest BCUT2D eigenvalue weighted by atomic mass is 10.1. The quantitative estimate of drug-likeness (QED) is 0.308. The van der Waals surface area contributed by atoms with Gasteiger partial charge in [0.25, 0.3) is 11.8 Å². The van der Waals surface area contributed by atoms with Crippen molar-refractivity contribution in [1.29, 1.82) is 0 Å². The molecule has 0 aromatic heterocycles. The molecule has 0 spiro atoms. The summed E-state index contributed by atoms with van der Waals surface area (Å²) in [5.41, 5.74) is 0.695. The van der Waals surface area contributed by atoms with E-state index >= 15 is 0 Å². The summed E-state index contributed by atoms with van der Waals surface area (Å²) in [5, 5.41) is 1.77. The zero-order valence-corrected chi connectivity index (χ0v) is 14.3. The maximum absolute atomic E-state index is 12.6. The van der Waals surface area contributed by atoms with Gasteiger partial charge in [0.2, 0.25) is 0 Å². The Kier molecular flexibility index (Phi) is 4.05. The number of imide groups is 1. The van der Waals surface area contributed by atoms with E-state index in [-0.39, 0.29) is 29.1 Å². The maximum Gasteiger partial charge on any atom is 0.343 e. The van der Waals surface area contributed by atoms with Crippen LogP contribution >= 0.6 is 0 Å². The molecule has 0 saturated carbocycles. The number of hydrogen-bond acceptors (Lipinski definition) is 4. The van der Waals surface area contributed by atoms with Crippen LogP contribution in [0.5, 0.6) is 5.75 Å². The second-order valence-electron chi connectivity index (χ2n) is 6.14. The number of esters is 1. The van der Waals surface area contributed by atoms with Crippen LogP contribution < -0.4 is 4.74 Å². The summed E-state index contributed by atoms with van der Waals surface area (Å²) in [5.74, 6) is -0.968. The molecule has 27 heavy (non-hydrogen) atoms. The third kappa shape index (κ3) is 2.79. The predicted octanol–water partition coefficient (Wildman–Crippen LogP) is 3.84. The molecule has 1 heterocycles. The van der Waals surface area contributed by atoms with Gasteiger partial charge in [0, 0.05) is 11.9 Å². The summed E-state index contributed by atoms with van der Waals surface area (Å²) in [6, 6.07) is 17.4. The van der Waals surface area contributed by atoms with E-state index < -0.39 is 11.9 Å². The van der Waals surface area contributed by atoms with Gasteiger partial charge >= 0.3 is 5.97 Å². The maximum atomic E-state index is 12.6. The molecule has 5 nitrogen and oxygen atoms in total. The number of benzene rings is 3. The van der Waals surface area contributed by atoms with E-state index in [4.69, 9.17) is 4.74 Å². The Hall–Kier alpha value is -3.73. The highest BCUT2D eigenvalue weighted by molar-refractivity contribution is 6.22. The average Bonchev–Trinajstić information content (AvgIpc) is 2.93. The third-order valence-electron chi connectivity index (χ3n) is 4.47. The van der Waals surface area contributed by atoms with E-state index in [1.807, 2.05) is 36.4 Å². The van der Waals surface area contributed by atoms with Crippen LogP contribution in [-0.4, -0.2) is 29.2 Å². The van der Waals surface area contributed by atoms with E-state index in [0.29, 0.717) is 5.75 Å². The molecule has 5 heteroatoms. The molecule has 0 atom stereocenters. The van der Waals surface area contributed by atoms with Crippen molar-refractivity contribution >= 4 is 28.6 Å². The van der Waals surface area contributed by atoms with Crippen molar-refractivity contribution in [2.75, 3.05) is 6.54 Å². The fourth-order valence-electron chi connectivity index (χ4n) is 3.16. The van der Waals surface area contributed by atoms with Gasteiger partial charge in [-0.15, -0.1) is 6.58 Å². The van der Waals surface area contributed by atoms with Gasteiger partial charge in [-0.25, -0.2) is 4.79 Å². The summed E-state index contributed by atoms with van der Waals surface area (Å²) in [4.78, 5) is 38.4. The molecule has 0 bridgehead atoms. The third-order valence-corrected chi connectivity index (χ3v) is 4.47. The van der Waals surface area contributed by atoms with Crippen molar-refractivity contribution < 1.29 is 19.1 Å². The van der Waals surface area contributed by atoms with Crippen molar-refractivity contribution in [2.24, 2.45) is 0 Å². The zero-order valence-electron chi connectivity index (χ0n) is 14.3. The van der Waals surface area contributed by atoms with Crippen molar-refractivity contribution in [3.8, 4) is 5.75 Å². The number of ether oxygens (including phenoxy) is 1. The fraction of sp³-hybridized carbons (Fsp3) is 0.0455. The largest absolute Gasteiger partial charge is 0.422 e. The van der Waals surface area contributed by atoms with Crippen LogP contribution in [0.1, 0.15) is 31.1 Å². The van der Waals surface area contributed by atoms with Gasteiger partial charge in [0.15, 0.2) is 0 Å². The molecule has 4 rings (SSSR count). The minimum atomic E-state index is -0.587. The highest BCUT2D eigenvalue weighted by atomic mass is 16.5. The first-order chi connectivity index (χ1) is 13.1. The predicted molar refractivity (Wildman–Crippen MR) is 101 cm³/mol. The topological polar surface area (TPSA) is 63.7 Å². The van der Waals surface area contributed by atoms with Crippen LogP contribution in [0.15, 0.2) is 73.3 Å². The minimum Gasteiger partial charge on any atom is -0.422 e. The van der Waals surface area contributed by atoms with Crippen molar-refractivity contribution in [3.63, 3.8) is 0 Å². The smallest absolute Gasteiger partial charge is 0.343 e. The molecule has 3 aromatic carbocycles. The van der Waals surface area contributed by atoms with Crippen LogP contribution in [0.4, 0.5) is 0 Å². The molecule has 0 radical (unpaired) electrons. The van der Waals surface area contributed by atoms with Gasteiger partial charge in [-0.05, 0) is 29.7 Å². The number of carbonyl (C=O) groups excluding carboxylic acids is 3. The van der Waals surface area contributed by atoms with Crippen LogP contribution in [0.25, 0.3) is 10.8 Å². The zero-order chi connectivity index (χ0) is 19.0. The molecule has 0 unspecified atom stereocenters. The summed E-state index contributed by atoms with van der Waals surface area (Å²) < 4.78 is 5.54. The highest BCUT2D eigenvalue weighted by Crippen LogP contribution is 2.27. The Labute approximate surface area is 155 Å². The molecule has 0 aliphatic carbocycles. The lowest BCUT2D eigenvalue weighted by Crippen LogP contribution is -2.29. The molecule has 0 fully saturated rings. The first kappa shape index (κ1) is 16.7. The van der Waals surface area contributed by atoms with E-state index in [9.17, 15) is 14.4 Å². The number of rotatable bonds is 4. The van der Waals surface area contributed by atoms with E-state index in [2.05, 4.69) is 6.58 Å². The molecule has 1 aliphatic heterocycles. The number of amides is 2. The monoisotopic (exact) mass is 357 g/mol. The van der Waals surface area contributed by atoms with Crippen LogP contribution in [0, 0.1) is 0 Å². The van der Waals surface area contributed by atoms with Crippen molar-refractivity contribution in [3.05, 3.63) is 90.0 Å². The van der Waals surface area contributed by atoms with E-state index in [1.54, 1.807) is 6.07 Å². The van der Waals surface area contributed by atoms with Crippen molar-refractivity contribution in [2.45, 2.75) is 0 Å². The molecule has 132 valence electrons. The molecule has 2 amide bonds. The van der Waals surface area contributed by atoms with Crippen LogP contribution in [0.3, 0.4) is 0 Å². The lowest BCUT2D eigenvalue weighted by molar-refractivity contribution is 0.0671. The molecule has 1 aliphatic rings. The Morgan fingerprint density at radius 2 is 1.70 bits per heavy atom. The molecule has 0 N–H and O–H groups in total. The fourth-order valence-corrected chi connectivity index (χ4v) is 3.16. The Morgan fingerprint density at radius 1 is 0.963 bits per heavy atom. The normalized spacial score (nSPS) is 13.0. The first-order valence-electron chi connectivity index (χ1n) is 8.41. The minimum absolute atomic E-state index is 0.127. The van der Waals surface area contributed by atoms with Crippen molar-refractivity contribution in [1.82, 2.24) is 4.90 Å². The van der Waals surface area contributed by atoms with Gasteiger partial charge in [-0.1, -0.05) is 42.5 Å². The average molecular weight is 357 g/mol. The molecular weight excluding hydrogens is 342 g/mol. The standard InChI is InChI=1S/C22H15NO4/c1-2-12-23-20(24)17-11-10-15(13-18(17)21(23)25)22(26)27-19-9-5-7-14-6-3-4-8-16(14)19/h2-11,13H,1,12H2. The Bertz CT molecular complexity index is 1110. The Balaban J connectivity index is 1.65. The van der Waals surface area contributed by atoms with E-state index in [0.717, 1.165) is 15.7 Å². The van der Waals surface area contributed by atoms with Crippen LogP contribution in [0.2, 0.25) is 0 Å². The summed E-state index contributed by atoms with van der Waals surface area (Å²) >= 11 is 0. The SMILES string of the molecule is C=CCN1C(=O)c2ccc(C(=O)Oc3cccc4ccccc34)cc2C1=O. The second-order valence-corrected chi connectivity index (χ2v) is 6.14. The van der Waals surface area contributed by atoms with Gasteiger partial charge in [-0.3, -0.25) is 14.5 Å². The summed E-state index contributed by atoms with van der Waals surface area (Å²) in [6.45, 7) is 3.68. The summed E-state index contributed by atoms with van der Waals surface area (Å²) in [7, 11) is 0. The van der Waals surface area contributed by atoms with Gasteiger partial charge in [0.1, 0.15) is 5.75 Å². The van der Waals surface area contributed by atoms with E-state index in [1.165, 1.54) is 24.3 Å². The number of hydrogen-bond donors (Lipinski definition) is 0. The van der Waals surface area contributed by atoms with Gasteiger partial charge < -0.3 is 4.74 Å². The molecular formula is C22H15NO4. The molecule has 3 aromatic rings. The number of nitrogens with zero attached hydrogens (tertiary/aromatic N) is 1. The highest BCUT2D eigenvalue weighted by Gasteiger charge is 2.35. The Morgan fingerprint density at radius 3 is 2.52 bits per heavy atom. The lowest BCUT2D eigenvalue weighted by Gasteiger charge is -2.09. The first-order valence-corrected chi connectivity index (χ1v) is 8.41. The van der Waals surface area contributed by atoms with Gasteiger partial charge in [-0.2, -0.15) is 0 Å². The number of carbonyl (C=O) groups is 3. The summed E-state index contributed by atoms with van der Waals surface area (Å²) in [6.07, 6.45) is 1.48.